The monoisotopic (exact) mass is 717 g/mol. The molecule has 11 nitrogen and oxygen atoms in total. The maximum absolute atomic E-state index is 14.0. The summed E-state index contributed by atoms with van der Waals surface area (Å²) in [6.45, 7) is 9.83. The van der Waals surface area contributed by atoms with Crippen LogP contribution in [0.15, 0.2) is 72.4 Å². The number of hydrogen-bond acceptors (Lipinski definition) is 8. The van der Waals surface area contributed by atoms with Crippen molar-refractivity contribution in [1.82, 2.24) is 26.3 Å². The number of nitrogens with one attached hydrogen (secondary N) is 4. The molecule has 1 aliphatic rings. The molecule has 2 aromatic carbocycles. The van der Waals surface area contributed by atoms with E-state index in [0.717, 1.165) is 16.0 Å². The van der Waals surface area contributed by atoms with E-state index in [0.29, 0.717) is 32.3 Å². The van der Waals surface area contributed by atoms with Gasteiger partial charge in [0.2, 0.25) is 23.6 Å². The molecule has 0 bridgehead atoms. The number of carbonyl (C=O) groups excluding carboxylic acids is 5. The van der Waals surface area contributed by atoms with E-state index in [9.17, 15) is 24.0 Å². The molecule has 51 heavy (non-hydrogen) atoms. The summed E-state index contributed by atoms with van der Waals surface area (Å²) in [7, 11) is 0. The number of Topliss-reactive ketones (excluding diaryl/α,β-unsaturated/α-hetero) is 1. The van der Waals surface area contributed by atoms with E-state index in [1.165, 1.54) is 11.3 Å². The molecule has 12 heteroatoms. The van der Waals surface area contributed by atoms with Gasteiger partial charge in [-0.05, 0) is 55.6 Å². The molecule has 4 N–H and O–H groups in total. The van der Waals surface area contributed by atoms with Gasteiger partial charge in [-0.1, -0.05) is 88.4 Å². The minimum Gasteiger partial charge on any atom is -0.361 e. The van der Waals surface area contributed by atoms with E-state index in [1.807, 2.05) is 88.4 Å². The van der Waals surface area contributed by atoms with Crippen molar-refractivity contribution in [3.8, 4) is 0 Å². The van der Waals surface area contributed by atoms with Crippen LogP contribution in [-0.2, 0) is 48.0 Å². The molecule has 1 aliphatic heterocycles. The van der Waals surface area contributed by atoms with Crippen LogP contribution in [0.3, 0.4) is 0 Å². The molecule has 1 aromatic heterocycles. The van der Waals surface area contributed by atoms with E-state index in [4.69, 9.17) is 4.74 Å². The number of hydrogen-bond donors (Lipinski definition) is 4. The second kappa shape index (κ2) is 18.7. The summed E-state index contributed by atoms with van der Waals surface area (Å²) in [5.41, 5.74) is 2.54. The molecular weight excluding hydrogens is 667 g/mol. The van der Waals surface area contributed by atoms with Gasteiger partial charge < -0.3 is 26.0 Å². The number of carbonyl (C=O) groups is 5. The fourth-order valence-electron chi connectivity index (χ4n) is 5.86. The minimum atomic E-state index is -1.03. The Balaban J connectivity index is 1.52. The Morgan fingerprint density at radius 1 is 0.745 bits per heavy atom. The number of epoxide rings is 1. The van der Waals surface area contributed by atoms with Gasteiger partial charge in [-0.2, -0.15) is 0 Å². The summed E-state index contributed by atoms with van der Waals surface area (Å²) in [5, 5.41) is 11.6. The van der Waals surface area contributed by atoms with Crippen LogP contribution >= 0.6 is 11.3 Å². The molecule has 4 rings (SSSR count). The zero-order valence-corrected chi connectivity index (χ0v) is 31.0. The van der Waals surface area contributed by atoms with E-state index in [-0.39, 0.29) is 36.4 Å². The second-order valence-corrected chi connectivity index (χ2v) is 15.3. The highest BCUT2D eigenvalue weighted by Crippen LogP contribution is 2.29. The SMILES string of the molecule is CC(C)CC(NC(=O)C(CCc1ccccc1)NC(=O)Cc1cncs1)C(=O)NC(Cc1ccccc1)C(=O)NC(CC(C)C)C(=O)C1(C)CO1. The normalized spacial score (nSPS) is 17.5. The van der Waals surface area contributed by atoms with Crippen molar-refractivity contribution in [3.63, 3.8) is 0 Å². The Morgan fingerprint density at radius 2 is 1.27 bits per heavy atom. The van der Waals surface area contributed by atoms with Gasteiger partial charge in [0.1, 0.15) is 23.7 Å². The summed E-state index contributed by atoms with van der Waals surface area (Å²) < 4.78 is 5.40. The standard InChI is InChI=1S/C39H51N5O6S/c1-25(2)18-31(35(46)39(5)23-50-39)42-38(49)33(20-28-14-10-7-11-15-28)44-37(48)32(19-26(3)4)43-36(47)30(17-16-27-12-8-6-9-13-27)41-34(45)21-29-22-40-24-51-29/h6-15,22,24-26,30-33H,16-21,23H2,1-5H3,(H,41,45)(H,42,49)(H,43,47)(H,44,48). The number of nitrogens with zero attached hydrogens (tertiary/aromatic N) is 1. The lowest BCUT2D eigenvalue weighted by Gasteiger charge is -2.28. The third-order valence-corrected chi connectivity index (χ3v) is 9.51. The molecule has 3 aromatic rings. The van der Waals surface area contributed by atoms with E-state index in [1.54, 1.807) is 18.6 Å². The smallest absolute Gasteiger partial charge is 0.243 e. The molecule has 1 fully saturated rings. The number of rotatable bonds is 20. The predicted molar refractivity (Wildman–Crippen MR) is 197 cm³/mol. The van der Waals surface area contributed by atoms with Crippen molar-refractivity contribution < 1.29 is 28.7 Å². The highest BCUT2D eigenvalue weighted by molar-refractivity contribution is 7.09. The maximum Gasteiger partial charge on any atom is 0.243 e. The number of benzene rings is 2. The zero-order chi connectivity index (χ0) is 37.0. The van der Waals surface area contributed by atoms with Gasteiger partial charge in [-0.3, -0.25) is 29.0 Å². The average molecular weight is 718 g/mol. The van der Waals surface area contributed by atoms with Gasteiger partial charge in [-0.15, -0.1) is 11.3 Å². The van der Waals surface area contributed by atoms with Crippen LogP contribution in [0, 0.1) is 11.8 Å². The molecule has 1 saturated heterocycles. The molecule has 2 heterocycles. The van der Waals surface area contributed by atoms with Crippen molar-refractivity contribution in [2.24, 2.45) is 11.8 Å². The van der Waals surface area contributed by atoms with E-state index >= 15 is 0 Å². The first kappa shape index (κ1) is 39.4. The van der Waals surface area contributed by atoms with Crippen LogP contribution in [0.2, 0.25) is 0 Å². The highest BCUT2D eigenvalue weighted by atomic mass is 32.1. The molecule has 5 atom stereocenters. The van der Waals surface area contributed by atoms with Crippen LogP contribution in [0.4, 0.5) is 0 Å². The Bertz CT molecular complexity index is 1590. The Kier molecular flexibility index (Phi) is 14.4. The average Bonchev–Trinajstić information content (AvgIpc) is 3.64. The summed E-state index contributed by atoms with van der Waals surface area (Å²) >= 11 is 1.36. The van der Waals surface area contributed by atoms with Crippen molar-refractivity contribution in [1.29, 1.82) is 0 Å². The predicted octanol–water partition coefficient (Wildman–Crippen LogP) is 3.95. The van der Waals surface area contributed by atoms with Crippen LogP contribution in [-0.4, -0.2) is 70.8 Å². The molecule has 0 aliphatic carbocycles. The first-order chi connectivity index (χ1) is 24.3. The Hall–Kier alpha value is -4.42. The zero-order valence-electron chi connectivity index (χ0n) is 30.1. The van der Waals surface area contributed by atoms with Gasteiger partial charge in [0.15, 0.2) is 5.78 Å². The summed E-state index contributed by atoms with van der Waals surface area (Å²) in [5.74, 6) is -1.92. The van der Waals surface area contributed by atoms with Gasteiger partial charge >= 0.3 is 0 Å². The van der Waals surface area contributed by atoms with Crippen molar-refractivity contribution >= 4 is 40.7 Å². The summed E-state index contributed by atoms with van der Waals surface area (Å²) in [4.78, 5) is 73.0. The molecular formula is C39H51N5O6S. The largest absolute Gasteiger partial charge is 0.361 e. The third kappa shape index (κ3) is 12.7. The molecule has 0 spiro atoms. The summed E-state index contributed by atoms with van der Waals surface area (Å²) in [6.07, 6.45) is 3.42. The Labute approximate surface area is 304 Å². The highest BCUT2D eigenvalue weighted by Gasteiger charge is 2.50. The van der Waals surface area contributed by atoms with Gasteiger partial charge in [0.25, 0.3) is 0 Å². The summed E-state index contributed by atoms with van der Waals surface area (Å²) in [6, 6.07) is 15.2. The number of ketones is 1. The number of aryl methyl sites for hydroxylation is 1. The van der Waals surface area contributed by atoms with E-state index in [2.05, 4.69) is 26.3 Å². The minimum absolute atomic E-state index is 0.0125. The molecule has 0 radical (unpaired) electrons. The van der Waals surface area contributed by atoms with Gasteiger partial charge in [0.05, 0.1) is 24.6 Å². The third-order valence-electron chi connectivity index (χ3n) is 8.73. The van der Waals surface area contributed by atoms with Crippen molar-refractivity contribution in [2.45, 2.75) is 103 Å². The fraction of sp³-hybridized carbons (Fsp3) is 0.487. The Morgan fingerprint density at radius 3 is 1.84 bits per heavy atom. The van der Waals surface area contributed by atoms with Crippen LogP contribution in [0.5, 0.6) is 0 Å². The lowest BCUT2D eigenvalue weighted by Crippen LogP contribution is -2.59. The lowest BCUT2D eigenvalue weighted by molar-refractivity contribution is -0.135. The topological polar surface area (TPSA) is 159 Å². The second-order valence-electron chi connectivity index (χ2n) is 14.3. The number of thiazole rings is 1. The first-order valence-electron chi connectivity index (χ1n) is 17.7. The van der Waals surface area contributed by atoms with Crippen molar-refractivity contribution in [3.05, 3.63) is 88.4 Å². The molecule has 0 saturated carbocycles. The van der Waals surface area contributed by atoms with Gasteiger partial charge in [0, 0.05) is 17.5 Å². The van der Waals surface area contributed by atoms with Crippen LogP contribution in [0.1, 0.15) is 69.9 Å². The molecule has 4 amide bonds. The number of aromatic nitrogens is 1. The number of amides is 4. The number of ether oxygens (including phenoxy) is 1. The fourth-order valence-corrected chi connectivity index (χ4v) is 6.45. The van der Waals surface area contributed by atoms with Gasteiger partial charge in [-0.25, -0.2) is 0 Å². The van der Waals surface area contributed by atoms with Crippen molar-refractivity contribution in [2.75, 3.05) is 6.61 Å². The van der Waals surface area contributed by atoms with E-state index < -0.39 is 47.5 Å². The van der Waals surface area contributed by atoms with Crippen LogP contribution in [0.25, 0.3) is 0 Å². The lowest BCUT2D eigenvalue weighted by atomic mass is 9.93. The quantitative estimate of drug-likeness (QED) is 0.129. The first-order valence-corrected chi connectivity index (χ1v) is 18.5. The van der Waals surface area contributed by atoms with Crippen LogP contribution < -0.4 is 21.3 Å². The molecule has 5 unspecified atom stereocenters. The maximum atomic E-state index is 14.0. The molecule has 274 valence electrons.